The fraction of sp³-hybridized carbons (Fsp3) is 0.294. The quantitative estimate of drug-likeness (QED) is 0.651. The molecule has 1 atom stereocenters. The Labute approximate surface area is 132 Å². The average molecular weight is 349 g/mol. The molecule has 0 amide bonds. The Morgan fingerprint density at radius 1 is 1.14 bits per heavy atom. The number of hydrogen-bond acceptors (Lipinski definition) is 2. The van der Waals surface area contributed by atoms with E-state index in [4.69, 9.17) is 5.84 Å². The van der Waals surface area contributed by atoms with Gasteiger partial charge in [-0.05, 0) is 66.1 Å². The highest BCUT2D eigenvalue weighted by atomic mass is 79.9. The van der Waals surface area contributed by atoms with Crippen molar-refractivity contribution >= 4 is 15.9 Å². The molecule has 4 heteroatoms. The van der Waals surface area contributed by atoms with Gasteiger partial charge in [-0.1, -0.05) is 34.1 Å². The van der Waals surface area contributed by atoms with Crippen LogP contribution in [0.15, 0.2) is 40.9 Å². The van der Waals surface area contributed by atoms with E-state index in [0.29, 0.717) is 12.0 Å². The molecule has 0 heterocycles. The number of nitrogens with one attached hydrogen (secondary N) is 1. The van der Waals surface area contributed by atoms with E-state index in [1.807, 2.05) is 6.07 Å². The third-order valence-corrected chi connectivity index (χ3v) is 4.65. The molecule has 1 unspecified atom stereocenters. The molecule has 0 spiro atoms. The molecule has 0 saturated heterocycles. The van der Waals surface area contributed by atoms with Crippen LogP contribution in [0.5, 0.6) is 0 Å². The molecule has 0 fully saturated rings. The molecule has 2 aromatic carbocycles. The van der Waals surface area contributed by atoms with Gasteiger partial charge in [0.1, 0.15) is 5.82 Å². The molecule has 1 aliphatic carbocycles. The maximum Gasteiger partial charge on any atom is 0.126 e. The average Bonchev–Trinajstić information content (AvgIpc) is 2.95. The zero-order chi connectivity index (χ0) is 14.8. The number of benzene rings is 2. The van der Waals surface area contributed by atoms with Crippen molar-refractivity contribution in [3.63, 3.8) is 0 Å². The topological polar surface area (TPSA) is 38.0 Å². The minimum atomic E-state index is -0.195. The van der Waals surface area contributed by atoms with Crippen molar-refractivity contribution in [3.8, 4) is 0 Å². The van der Waals surface area contributed by atoms with Crippen LogP contribution in [-0.2, 0) is 19.3 Å². The molecule has 110 valence electrons. The van der Waals surface area contributed by atoms with Crippen LogP contribution in [0.1, 0.15) is 34.7 Å². The lowest BCUT2D eigenvalue weighted by Crippen LogP contribution is -2.30. The Morgan fingerprint density at radius 2 is 1.95 bits per heavy atom. The fourth-order valence-corrected chi connectivity index (χ4v) is 3.41. The van der Waals surface area contributed by atoms with Gasteiger partial charge in [0.15, 0.2) is 0 Å². The van der Waals surface area contributed by atoms with Crippen LogP contribution >= 0.6 is 15.9 Å². The Balaban J connectivity index is 1.86. The number of halogens is 2. The predicted octanol–water partition coefficient (Wildman–Crippen LogP) is 3.82. The summed E-state index contributed by atoms with van der Waals surface area (Å²) in [5.74, 6) is 5.51. The van der Waals surface area contributed by atoms with Crippen molar-refractivity contribution < 1.29 is 4.39 Å². The summed E-state index contributed by atoms with van der Waals surface area (Å²) in [5.41, 5.74) is 7.44. The summed E-state index contributed by atoms with van der Waals surface area (Å²) in [6.07, 6.45) is 4.04. The van der Waals surface area contributed by atoms with Crippen LogP contribution < -0.4 is 11.3 Å². The maximum absolute atomic E-state index is 13.9. The molecule has 0 bridgehead atoms. The lowest BCUT2D eigenvalue weighted by molar-refractivity contribution is 0.528. The molecule has 0 saturated carbocycles. The lowest BCUT2D eigenvalue weighted by Gasteiger charge is -2.18. The normalized spacial score (nSPS) is 15.0. The molecule has 0 aliphatic heterocycles. The number of fused-ring (bicyclic) bond motifs is 1. The second-order valence-corrected chi connectivity index (χ2v) is 6.46. The summed E-state index contributed by atoms with van der Waals surface area (Å²) in [6.45, 7) is 0. The van der Waals surface area contributed by atoms with Crippen molar-refractivity contribution in [2.45, 2.75) is 31.7 Å². The lowest BCUT2D eigenvalue weighted by atomic mass is 9.96. The Hall–Kier alpha value is -1.23. The number of aryl methyl sites for hydroxylation is 2. The van der Waals surface area contributed by atoms with Crippen molar-refractivity contribution in [3.05, 3.63) is 68.9 Å². The Morgan fingerprint density at radius 3 is 2.76 bits per heavy atom. The number of hydrazine groups is 1. The number of rotatable bonds is 4. The van der Waals surface area contributed by atoms with E-state index in [1.54, 1.807) is 6.07 Å². The van der Waals surface area contributed by atoms with Gasteiger partial charge in [-0.15, -0.1) is 0 Å². The van der Waals surface area contributed by atoms with E-state index in [2.05, 4.69) is 39.6 Å². The fourth-order valence-electron chi connectivity index (χ4n) is 3.00. The Bertz CT molecular complexity index is 657. The maximum atomic E-state index is 13.9. The van der Waals surface area contributed by atoms with Gasteiger partial charge in [-0.25, -0.2) is 4.39 Å². The SMILES string of the molecule is NNC(Cc1cc(Br)ccc1F)c1ccc2c(c1)CCC2. The van der Waals surface area contributed by atoms with Crippen LogP contribution in [0.25, 0.3) is 0 Å². The minimum absolute atomic E-state index is 0.0836. The molecule has 2 nitrogen and oxygen atoms in total. The summed E-state index contributed by atoms with van der Waals surface area (Å²) in [4.78, 5) is 0. The molecule has 0 aromatic heterocycles. The number of hydrogen-bond donors (Lipinski definition) is 2. The monoisotopic (exact) mass is 348 g/mol. The molecule has 21 heavy (non-hydrogen) atoms. The zero-order valence-corrected chi connectivity index (χ0v) is 13.3. The predicted molar refractivity (Wildman–Crippen MR) is 86.3 cm³/mol. The first-order valence-corrected chi connectivity index (χ1v) is 7.98. The second-order valence-electron chi connectivity index (χ2n) is 5.54. The van der Waals surface area contributed by atoms with E-state index < -0.39 is 0 Å². The first-order chi connectivity index (χ1) is 10.2. The summed E-state index contributed by atoms with van der Waals surface area (Å²) >= 11 is 3.39. The highest BCUT2D eigenvalue weighted by Crippen LogP contribution is 2.27. The van der Waals surface area contributed by atoms with Crippen LogP contribution in [0, 0.1) is 5.82 Å². The van der Waals surface area contributed by atoms with E-state index in [1.165, 1.54) is 23.6 Å². The van der Waals surface area contributed by atoms with Gasteiger partial charge in [0.2, 0.25) is 0 Å². The van der Waals surface area contributed by atoms with Crippen LogP contribution in [0.3, 0.4) is 0 Å². The standard InChI is InChI=1S/C17H18BrFN2/c18-15-6-7-16(19)14(9-15)10-17(21-20)13-5-4-11-2-1-3-12(11)8-13/h4-9,17,21H,1-3,10,20H2. The molecule has 0 radical (unpaired) electrons. The van der Waals surface area contributed by atoms with Gasteiger partial charge in [0, 0.05) is 4.47 Å². The van der Waals surface area contributed by atoms with Crippen LogP contribution in [-0.4, -0.2) is 0 Å². The van der Waals surface area contributed by atoms with Crippen molar-refractivity contribution in [2.24, 2.45) is 5.84 Å². The Kier molecular flexibility index (Phi) is 4.38. The van der Waals surface area contributed by atoms with Gasteiger partial charge in [0.05, 0.1) is 6.04 Å². The highest BCUT2D eigenvalue weighted by molar-refractivity contribution is 9.10. The molecule has 3 rings (SSSR count). The van der Waals surface area contributed by atoms with Crippen molar-refractivity contribution in [2.75, 3.05) is 0 Å². The summed E-state index contributed by atoms with van der Waals surface area (Å²) in [6, 6.07) is 11.4. The van der Waals surface area contributed by atoms with Gasteiger partial charge in [0.25, 0.3) is 0 Å². The van der Waals surface area contributed by atoms with Crippen LogP contribution in [0.4, 0.5) is 4.39 Å². The van der Waals surface area contributed by atoms with E-state index in [-0.39, 0.29) is 11.9 Å². The van der Waals surface area contributed by atoms with Crippen molar-refractivity contribution in [1.29, 1.82) is 0 Å². The van der Waals surface area contributed by atoms with Crippen LogP contribution in [0.2, 0.25) is 0 Å². The van der Waals surface area contributed by atoms with Gasteiger partial charge in [-0.3, -0.25) is 11.3 Å². The molecular formula is C17H18BrFN2. The molecule has 1 aliphatic rings. The second kappa shape index (κ2) is 6.26. The largest absolute Gasteiger partial charge is 0.271 e. The third kappa shape index (κ3) is 3.18. The minimum Gasteiger partial charge on any atom is -0.271 e. The molecular weight excluding hydrogens is 331 g/mol. The molecule has 2 aromatic rings. The van der Waals surface area contributed by atoms with E-state index >= 15 is 0 Å². The van der Waals surface area contributed by atoms with Crippen molar-refractivity contribution in [1.82, 2.24) is 5.43 Å². The zero-order valence-electron chi connectivity index (χ0n) is 11.7. The third-order valence-electron chi connectivity index (χ3n) is 4.16. The number of nitrogens with two attached hydrogens (primary N) is 1. The summed E-state index contributed by atoms with van der Waals surface area (Å²) in [5, 5.41) is 0. The smallest absolute Gasteiger partial charge is 0.126 e. The van der Waals surface area contributed by atoms with Gasteiger partial charge in [-0.2, -0.15) is 0 Å². The summed E-state index contributed by atoms with van der Waals surface area (Å²) in [7, 11) is 0. The first kappa shape index (κ1) is 14.7. The van der Waals surface area contributed by atoms with Gasteiger partial charge >= 0.3 is 0 Å². The van der Waals surface area contributed by atoms with E-state index in [9.17, 15) is 4.39 Å². The summed E-state index contributed by atoms with van der Waals surface area (Å²) < 4.78 is 14.8. The molecule has 3 N–H and O–H groups in total. The first-order valence-electron chi connectivity index (χ1n) is 7.19. The van der Waals surface area contributed by atoms with Gasteiger partial charge < -0.3 is 0 Å². The highest BCUT2D eigenvalue weighted by Gasteiger charge is 2.17. The van der Waals surface area contributed by atoms with E-state index in [0.717, 1.165) is 22.9 Å².